The standard InChI is InChI=1S/C16H23N3O/c1-5-19-11-14(10-17-19)12(2)18-13(3)15-8-6-7-9-16(15)20-4/h6-13,18H,5H2,1-4H3/t12?,13-/m1/s1. The van der Waals surface area contributed by atoms with Gasteiger partial charge in [-0.1, -0.05) is 18.2 Å². The second-order valence-electron chi connectivity index (χ2n) is 4.98. The van der Waals surface area contributed by atoms with Crippen molar-refractivity contribution in [3.8, 4) is 5.75 Å². The van der Waals surface area contributed by atoms with Gasteiger partial charge >= 0.3 is 0 Å². The van der Waals surface area contributed by atoms with Gasteiger partial charge in [-0.3, -0.25) is 4.68 Å². The number of para-hydroxylation sites is 1. The van der Waals surface area contributed by atoms with E-state index in [4.69, 9.17) is 4.74 Å². The van der Waals surface area contributed by atoms with Crippen LogP contribution in [0.1, 0.15) is 44.0 Å². The van der Waals surface area contributed by atoms with Crippen molar-refractivity contribution in [3.63, 3.8) is 0 Å². The number of methoxy groups -OCH3 is 1. The largest absolute Gasteiger partial charge is 0.496 e. The van der Waals surface area contributed by atoms with Gasteiger partial charge in [0.1, 0.15) is 5.75 Å². The summed E-state index contributed by atoms with van der Waals surface area (Å²) < 4.78 is 7.36. The Morgan fingerprint density at radius 2 is 2.00 bits per heavy atom. The zero-order valence-electron chi connectivity index (χ0n) is 12.6. The zero-order chi connectivity index (χ0) is 14.5. The first-order valence-corrected chi connectivity index (χ1v) is 7.07. The summed E-state index contributed by atoms with van der Waals surface area (Å²) >= 11 is 0. The normalized spacial score (nSPS) is 14.0. The minimum atomic E-state index is 0.214. The molecule has 1 aromatic heterocycles. The lowest BCUT2D eigenvalue weighted by Gasteiger charge is -2.21. The van der Waals surface area contributed by atoms with Gasteiger partial charge in [0.25, 0.3) is 0 Å². The molecule has 2 atom stereocenters. The summed E-state index contributed by atoms with van der Waals surface area (Å²) in [4.78, 5) is 0. The molecule has 0 aliphatic heterocycles. The van der Waals surface area contributed by atoms with E-state index in [1.54, 1.807) is 7.11 Å². The Morgan fingerprint density at radius 1 is 1.25 bits per heavy atom. The van der Waals surface area contributed by atoms with Gasteiger partial charge in [-0.05, 0) is 26.8 Å². The monoisotopic (exact) mass is 273 g/mol. The smallest absolute Gasteiger partial charge is 0.123 e. The number of benzene rings is 1. The second kappa shape index (κ2) is 6.57. The van der Waals surface area contributed by atoms with Gasteiger partial charge in [-0.15, -0.1) is 0 Å². The topological polar surface area (TPSA) is 39.1 Å². The molecule has 4 nitrogen and oxygen atoms in total. The number of nitrogens with zero attached hydrogens (tertiary/aromatic N) is 2. The van der Waals surface area contributed by atoms with Gasteiger partial charge in [0.05, 0.1) is 13.3 Å². The van der Waals surface area contributed by atoms with E-state index in [1.165, 1.54) is 11.1 Å². The van der Waals surface area contributed by atoms with Crippen molar-refractivity contribution < 1.29 is 4.74 Å². The predicted molar refractivity (Wildman–Crippen MR) is 80.9 cm³/mol. The molecule has 1 unspecified atom stereocenters. The average Bonchev–Trinajstić information content (AvgIpc) is 2.96. The first kappa shape index (κ1) is 14.6. The molecule has 2 rings (SSSR count). The SMILES string of the molecule is CCn1cc(C(C)N[C@H](C)c2ccccc2OC)cn1. The van der Waals surface area contributed by atoms with Gasteiger partial charge in [0, 0.05) is 36.0 Å². The predicted octanol–water partition coefficient (Wildman–Crippen LogP) is 3.32. The van der Waals surface area contributed by atoms with E-state index in [0.29, 0.717) is 0 Å². The number of rotatable bonds is 6. The van der Waals surface area contributed by atoms with Gasteiger partial charge in [-0.2, -0.15) is 5.10 Å². The lowest BCUT2D eigenvalue weighted by Crippen LogP contribution is -2.22. The van der Waals surface area contributed by atoms with Crippen LogP contribution in [-0.2, 0) is 6.54 Å². The highest BCUT2D eigenvalue weighted by atomic mass is 16.5. The quantitative estimate of drug-likeness (QED) is 0.877. The minimum Gasteiger partial charge on any atom is -0.496 e. The number of aryl methyl sites for hydroxylation is 1. The fourth-order valence-corrected chi connectivity index (χ4v) is 2.36. The molecule has 4 heteroatoms. The van der Waals surface area contributed by atoms with Crippen molar-refractivity contribution in [3.05, 3.63) is 47.8 Å². The Hall–Kier alpha value is -1.81. The van der Waals surface area contributed by atoms with Gasteiger partial charge in [0.15, 0.2) is 0 Å². The molecular weight excluding hydrogens is 250 g/mol. The van der Waals surface area contributed by atoms with Crippen LogP contribution in [0.4, 0.5) is 0 Å². The van der Waals surface area contributed by atoms with Gasteiger partial charge in [0.2, 0.25) is 0 Å². The number of nitrogens with one attached hydrogen (secondary N) is 1. The van der Waals surface area contributed by atoms with E-state index in [2.05, 4.69) is 43.4 Å². The molecule has 1 heterocycles. The molecule has 1 N–H and O–H groups in total. The molecule has 0 aliphatic carbocycles. The third-order valence-corrected chi connectivity index (χ3v) is 3.58. The third-order valence-electron chi connectivity index (χ3n) is 3.58. The molecule has 0 spiro atoms. The maximum absolute atomic E-state index is 5.42. The summed E-state index contributed by atoms with van der Waals surface area (Å²) in [5.74, 6) is 0.920. The molecule has 0 amide bonds. The Bertz CT molecular complexity index is 550. The van der Waals surface area contributed by atoms with E-state index in [-0.39, 0.29) is 12.1 Å². The van der Waals surface area contributed by atoms with Crippen LogP contribution in [-0.4, -0.2) is 16.9 Å². The minimum absolute atomic E-state index is 0.214. The van der Waals surface area contributed by atoms with Crippen molar-refractivity contribution in [2.75, 3.05) is 7.11 Å². The molecule has 0 aliphatic rings. The number of aromatic nitrogens is 2. The lowest BCUT2D eigenvalue weighted by molar-refractivity contribution is 0.396. The third kappa shape index (κ3) is 3.20. The Balaban J connectivity index is 2.08. The van der Waals surface area contributed by atoms with Crippen molar-refractivity contribution in [1.82, 2.24) is 15.1 Å². The molecule has 2 aromatic rings. The van der Waals surface area contributed by atoms with E-state index < -0.39 is 0 Å². The molecule has 20 heavy (non-hydrogen) atoms. The van der Waals surface area contributed by atoms with Crippen LogP contribution >= 0.6 is 0 Å². The van der Waals surface area contributed by atoms with Crippen LogP contribution in [0.15, 0.2) is 36.7 Å². The van der Waals surface area contributed by atoms with Crippen LogP contribution in [0.5, 0.6) is 5.75 Å². The van der Waals surface area contributed by atoms with Crippen molar-refractivity contribution in [2.24, 2.45) is 0 Å². The van der Waals surface area contributed by atoms with E-state index in [9.17, 15) is 0 Å². The molecule has 0 saturated heterocycles. The van der Waals surface area contributed by atoms with Crippen LogP contribution in [0.3, 0.4) is 0 Å². The summed E-state index contributed by atoms with van der Waals surface area (Å²) in [6.45, 7) is 7.29. The number of hydrogen-bond acceptors (Lipinski definition) is 3. The van der Waals surface area contributed by atoms with Crippen LogP contribution in [0.2, 0.25) is 0 Å². The molecular formula is C16H23N3O. The Morgan fingerprint density at radius 3 is 2.65 bits per heavy atom. The van der Waals surface area contributed by atoms with Crippen molar-refractivity contribution in [1.29, 1.82) is 0 Å². The fourth-order valence-electron chi connectivity index (χ4n) is 2.36. The fraction of sp³-hybridized carbons (Fsp3) is 0.438. The lowest BCUT2D eigenvalue weighted by atomic mass is 10.1. The summed E-state index contributed by atoms with van der Waals surface area (Å²) in [6, 6.07) is 8.58. The van der Waals surface area contributed by atoms with E-state index in [0.717, 1.165) is 12.3 Å². The summed E-state index contributed by atoms with van der Waals surface area (Å²) in [6.07, 6.45) is 4.02. The molecule has 0 fully saturated rings. The van der Waals surface area contributed by atoms with E-state index in [1.807, 2.05) is 29.1 Å². The maximum Gasteiger partial charge on any atom is 0.123 e. The zero-order valence-corrected chi connectivity index (χ0v) is 12.6. The number of hydrogen-bond donors (Lipinski definition) is 1. The highest BCUT2D eigenvalue weighted by Gasteiger charge is 2.15. The van der Waals surface area contributed by atoms with E-state index >= 15 is 0 Å². The van der Waals surface area contributed by atoms with Crippen LogP contribution < -0.4 is 10.1 Å². The molecule has 108 valence electrons. The van der Waals surface area contributed by atoms with Crippen molar-refractivity contribution >= 4 is 0 Å². The van der Waals surface area contributed by atoms with Crippen LogP contribution in [0, 0.1) is 0 Å². The van der Waals surface area contributed by atoms with Gasteiger partial charge < -0.3 is 10.1 Å². The molecule has 0 bridgehead atoms. The Labute approximate surface area is 120 Å². The average molecular weight is 273 g/mol. The molecule has 1 aromatic carbocycles. The van der Waals surface area contributed by atoms with Crippen LogP contribution in [0.25, 0.3) is 0 Å². The first-order chi connectivity index (χ1) is 9.65. The highest BCUT2D eigenvalue weighted by Crippen LogP contribution is 2.26. The number of ether oxygens (including phenoxy) is 1. The Kier molecular flexibility index (Phi) is 4.79. The molecule has 0 saturated carbocycles. The highest BCUT2D eigenvalue weighted by molar-refractivity contribution is 5.35. The summed E-state index contributed by atoms with van der Waals surface area (Å²) in [5, 5.41) is 7.91. The van der Waals surface area contributed by atoms with Crippen molar-refractivity contribution in [2.45, 2.75) is 39.4 Å². The maximum atomic E-state index is 5.42. The first-order valence-electron chi connectivity index (χ1n) is 7.07. The summed E-state index contributed by atoms with van der Waals surface area (Å²) in [5.41, 5.74) is 2.37. The second-order valence-corrected chi connectivity index (χ2v) is 4.98. The molecule has 0 radical (unpaired) electrons. The van der Waals surface area contributed by atoms with Gasteiger partial charge in [-0.25, -0.2) is 0 Å². The summed E-state index contributed by atoms with van der Waals surface area (Å²) in [7, 11) is 1.71.